The monoisotopic (exact) mass is 343 g/mol. The van der Waals surface area contributed by atoms with Crippen LogP contribution in [0.1, 0.15) is 39.2 Å². The number of hydrogen-bond donors (Lipinski definition) is 2. The van der Waals surface area contributed by atoms with Gasteiger partial charge in [0.1, 0.15) is 5.75 Å². The van der Waals surface area contributed by atoms with E-state index < -0.39 is 6.10 Å². The van der Waals surface area contributed by atoms with Gasteiger partial charge in [-0.2, -0.15) is 0 Å². The first-order valence-electron chi connectivity index (χ1n) is 6.88. The van der Waals surface area contributed by atoms with Gasteiger partial charge in [-0.25, -0.2) is 0 Å². The van der Waals surface area contributed by atoms with E-state index in [0.29, 0.717) is 5.75 Å². The van der Waals surface area contributed by atoms with Crippen LogP contribution < -0.4 is 10.1 Å². The standard InChI is InChI=1S/C15H22BrNO3/c1-4-12(5-2)17-15(19)10(3)20-13-6-7-14(16)11(8-13)9-18/h6-8,10,12,18H,4-5,9H2,1-3H3,(H,17,19). The maximum atomic E-state index is 12.0. The molecule has 0 aliphatic carbocycles. The summed E-state index contributed by atoms with van der Waals surface area (Å²) >= 11 is 3.34. The van der Waals surface area contributed by atoms with Crippen LogP contribution in [0.3, 0.4) is 0 Å². The van der Waals surface area contributed by atoms with Crippen molar-refractivity contribution < 1.29 is 14.6 Å². The molecular formula is C15H22BrNO3. The van der Waals surface area contributed by atoms with Crippen molar-refractivity contribution in [3.05, 3.63) is 28.2 Å². The fraction of sp³-hybridized carbons (Fsp3) is 0.533. The van der Waals surface area contributed by atoms with E-state index in [9.17, 15) is 9.90 Å². The third-order valence-corrected chi connectivity index (χ3v) is 3.98. The predicted octanol–water partition coefficient (Wildman–Crippen LogP) is 3.01. The van der Waals surface area contributed by atoms with Gasteiger partial charge in [0.05, 0.1) is 6.61 Å². The molecule has 1 unspecified atom stereocenters. The third kappa shape index (κ3) is 4.80. The molecule has 5 heteroatoms. The summed E-state index contributed by atoms with van der Waals surface area (Å²) in [5.41, 5.74) is 0.732. The molecule has 1 rings (SSSR count). The van der Waals surface area contributed by atoms with E-state index in [-0.39, 0.29) is 18.6 Å². The molecule has 2 N–H and O–H groups in total. The molecule has 0 radical (unpaired) electrons. The van der Waals surface area contributed by atoms with Gasteiger partial charge in [0.2, 0.25) is 0 Å². The minimum absolute atomic E-state index is 0.0773. The highest BCUT2D eigenvalue weighted by atomic mass is 79.9. The third-order valence-electron chi connectivity index (χ3n) is 3.20. The molecule has 1 amide bonds. The SMILES string of the molecule is CCC(CC)NC(=O)C(C)Oc1ccc(Br)c(CO)c1. The quantitative estimate of drug-likeness (QED) is 0.799. The number of hydrogen-bond acceptors (Lipinski definition) is 3. The predicted molar refractivity (Wildman–Crippen MR) is 82.7 cm³/mol. The Morgan fingerprint density at radius 2 is 2.05 bits per heavy atom. The zero-order chi connectivity index (χ0) is 15.1. The molecule has 1 aromatic carbocycles. The molecule has 20 heavy (non-hydrogen) atoms. The highest BCUT2D eigenvalue weighted by Crippen LogP contribution is 2.23. The lowest BCUT2D eigenvalue weighted by atomic mass is 10.1. The molecule has 4 nitrogen and oxygen atoms in total. The number of benzene rings is 1. The summed E-state index contributed by atoms with van der Waals surface area (Å²) in [7, 11) is 0. The maximum Gasteiger partial charge on any atom is 0.260 e. The molecule has 0 heterocycles. The molecule has 0 aliphatic heterocycles. The average Bonchev–Trinajstić information content (AvgIpc) is 2.46. The zero-order valence-corrected chi connectivity index (χ0v) is 13.7. The molecule has 112 valence electrons. The molecular weight excluding hydrogens is 322 g/mol. The van der Waals surface area contributed by atoms with E-state index in [1.807, 2.05) is 13.8 Å². The van der Waals surface area contributed by atoms with Gasteiger partial charge in [-0.15, -0.1) is 0 Å². The minimum Gasteiger partial charge on any atom is -0.481 e. The fourth-order valence-corrected chi connectivity index (χ4v) is 2.19. The Morgan fingerprint density at radius 1 is 1.40 bits per heavy atom. The van der Waals surface area contributed by atoms with Crippen LogP contribution in [0.25, 0.3) is 0 Å². The number of carbonyl (C=O) groups excluding carboxylic acids is 1. The van der Waals surface area contributed by atoms with Crippen molar-refractivity contribution in [2.75, 3.05) is 0 Å². The van der Waals surface area contributed by atoms with Crippen molar-refractivity contribution >= 4 is 21.8 Å². The van der Waals surface area contributed by atoms with Gasteiger partial charge >= 0.3 is 0 Å². The number of aliphatic hydroxyl groups is 1. The van der Waals surface area contributed by atoms with Crippen molar-refractivity contribution in [1.82, 2.24) is 5.32 Å². The van der Waals surface area contributed by atoms with Crippen molar-refractivity contribution in [3.8, 4) is 5.75 Å². The van der Waals surface area contributed by atoms with E-state index >= 15 is 0 Å². The lowest BCUT2D eigenvalue weighted by molar-refractivity contribution is -0.128. The molecule has 0 saturated carbocycles. The van der Waals surface area contributed by atoms with Crippen LogP contribution in [0.2, 0.25) is 0 Å². The van der Waals surface area contributed by atoms with Gasteiger partial charge in [0.25, 0.3) is 5.91 Å². The van der Waals surface area contributed by atoms with Crippen LogP contribution in [0.15, 0.2) is 22.7 Å². The normalized spacial score (nSPS) is 12.3. The highest BCUT2D eigenvalue weighted by molar-refractivity contribution is 9.10. The first kappa shape index (κ1) is 17.0. The van der Waals surface area contributed by atoms with E-state index in [1.165, 1.54) is 0 Å². The van der Waals surface area contributed by atoms with E-state index in [1.54, 1.807) is 25.1 Å². The zero-order valence-electron chi connectivity index (χ0n) is 12.1. The number of amides is 1. The summed E-state index contributed by atoms with van der Waals surface area (Å²) in [6.45, 7) is 5.73. The van der Waals surface area contributed by atoms with E-state index in [0.717, 1.165) is 22.9 Å². The summed E-state index contributed by atoms with van der Waals surface area (Å²) in [6.07, 6.45) is 1.24. The summed E-state index contributed by atoms with van der Waals surface area (Å²) in [5, 5.41) is 12.2. The van der Waals surface area contributed by atoms with Crippen molar-refractivity contribution in [3.63, 3.8) is 0 Å². The Balaban J connectivity index is 2.65. The number of carbonyl (C=O) groups is 1. The number of aliphatic hydroxyl groups excluding tert-OH is 1. The number of rotatable bonds is 7. The van der Waals surface area contributed by atoms with Crippen molar-refractivity contribution in [1.29, 1.82) is 0 Å². The Morgan fingerprint density at radius 3 is 2.60 bits per heavy atom. The van der Waals surface area contributed by atoms with Gasteiger partial charge in [-0.3, -0.25) is 4.79 Å². The Labute approximate surface area is 128 Å². The molecule has 0 saturated heterocycles. The molecule has 1 aromatic rings. The van der Waals surface area contributed by atoms with E-state index in [2.05, 4.69) is 21.2 Å². The fourth-order valence-electron chi connectivity index (χ4n) is 1.81. The Hall–Kier alpha value is -1.07. The lowest BCUT2D eigenvalue weighted by Crippen LogP contribution is -2.42. The summed E-state index contributed by atoms with van der Waals surface area (Å²) in [5.74, 6) is 0.455. The van der Waals surface area contributed by atoms with Gasteiger partial charge < -0.3 is 15.2 Å². The van der Waals surface area contributed by atoms with Gasteiger partial charge in [-0.1, -0.05) is 29.8 Å². The Kier molecular flexibility index (Phi) is 7.02. The van der Waals surface area contributed by atoms with Crippen LogP contribution in [0.5, 0.6) is 5.75 Å². The largest absolute Gasteiger partial charge is 0.481 e. The molecule has 0 fully saturated rings. The van der Waals surface area contributed by atoms with Crippen molar-refractivity contribution in [2.24, 2.45) is 0 Å². The second kappa shape index (κ2) is 8.27. The Bertz CT molecular complexity index is 447. The first-order chi connectivity index (χ1) is 9.51. The molecule has 0 bridgehead atoms. The molecule has 0 aliphatic rings. The summed E-state index contributed by atoms with van der Waals surface area (Å²) in [4.78, 5) is 12.0. The average molecular weight is 344 g/mol. The highest BCUT2D eigenvalue weighted by Gasteiger charge is 2.17. The van der Waals surface area contributed by atoms with Crippen molar-refractivity contribution in [2.45, 2.75) is 52.4 Å². The van der Waals surface area contributed by atoms with Crippen LogP contribution in [-0.4, -0.2) is 23.2 Å². The second-order valence-corrected chi connectivity index (χ2v) is 5.55. The van der Waals surface area contributed by atoms with Gasteiger partial charge in [-0.05, 0) is 43.5 Å². The van der Waals surface area contributed by atoms with Crippen LogP contribution in [0.4, 0.5) is 0 Å². The smallest absolute Gasteiger partial charge is 0.260 e. The van der Waals surface area contributed by atoms with Crippen LogP contribution >= 0.6 is 15.9 Å². The van der Waals surface area contributed by atoms with Crippen LogP contribution in [-0.2, 0) is 11.4 Å². The topological polar surface area (TPSA) is 58.6 Å². The summed E-state index contributed by atoms with van der Waals surface area (Å²) in [6, 6.07) is 5.48. The van der Waals surface area contributed by atoms with Crippen LogP contribution in [0, 0.1) is 0 Å². The van der Waals surface area contributed by atoms with E-state index in [4.69, 9.17) is 4.74 Å². The summed E-state index contributed by atoms with van der Waals surface area (Å²) < 4.78 is 6.44. The van der Waals surface area contributed by atoms with Gasteiger partial charge in [0.15, 0.2) is 6.10 Å². The lowest BCUT2D eigenvalue weighted by Gasteiger charge is -2.19. The number of ether oxygens (including phenoxy) is 1. The maximum absolute atomic E-state index is 12.0. The van der Waals surface area contributed by atoms with Gasteiger partial charge in [0, 0.05) is 10.5 Å². The first-order valence-corrected chi connectivity index (χ1v) is 7.67. The molecule has 1 atom stereocenters. The molecule has 0 spiro atoms. The minimum atomic E-state index is -0.566. The number of nitrogens with one attached hydrogen (secondary N) is 1. The second-order valence-electron chi connectivity index (χ2n) is 4.69. The molecule has 0 aromatic heterocycles. The number of halogens is 1.